The molecule has 17 heavy (non-hydrogen) atoms. The smallest absolute Gasteiger partial charge is 0.387 e. The standard InChI is InChI=1S/C10H9F2NO4/c1-6(13(14)15)7-3-4-8(16-2)9(5-7)17-10(11)12/h3-5,10H,1H2,2H3. The van der Waals surface area contributed by atoms with Gasteiger partial charge in [0.15, 0.2) is 11.5 Å². The number of alkyl halides is 2. The lowest BCUT2D eigenvalue weighted by molar-refractivity contribution is -0.375. The van der Waals surface area contributed by atoms with Crippen molar-refractivity contribution in [3.63, 3.8) is 0 Å². The molecular formula is C10H9F2NO4. The van der Waals surface area contributed by atoms with Crippen molar-refractivity contribution in [2.75, 3.05) is 7.11 Å². The van der Waals surface area contributed by atoms with Gasteiger partial charge < -0.3 is 9.47 Å². The molecule has 0 saturated heterocycles. The Bertz CT molecular complexity index is 448. The van der Waals surface area contributed by atoms with Crippen molar-refractivity contribution in [3.8, 4) is 11.5 Å². The van der Waals surface area contributed by atoms with Crippen molar-refractivity contribution in [1.82, 2.24) is 0 Å². The average molecular weight is 245 g/mol. The van der Waals surface area contributed by atoms with E-state index in [0.717, 1.165) is 6.07 Å². The zero-order valence-electron chi connectivity index (χ0n) is 8.85. The lowest BCUT2D eigenvalue weighted by Gasteiger charge is -2.10. The zero-order valence-corrected chi connectivity index (χ0v) is 8.85. The fourth-order valence-corrected chi connectivity index (χ4v) is 1.15. The summed E-state index contributed by atoms with van der Waals surface area (Å²) < 4.78 is 33.2. The molecule has 0 unspecified atom stereocenters. The molecule has 5 nitrogen and oxygen atoms in total. The van der Waals surface area contributed by atoms with Crippen molar-refractivity contribution < 1.29 is 23.2 Å². The van der Waals surface area contributed by atoms with Gasteiger partial charge in [-0.25, -0.2) is 0 Å². The van der Waals surface area contributed by atoms with Crippen molar-refractivity contribution >= 4 is 5.70 Å². The third kappa shape index (κ3) is 3.13. The van der Waals surface area contributed by atoms with Gasteiger partial charge in [0.25, 0.3) is 5.70 Å². The maximum absolute atomic E-state index is 12.1. The lowest BCUT2D eigenvalue weighted by Crippen LogP contribution is -2.04. The van der Waals surface area contributed by atoms with Crippen LogP contribution >= 0.6 is 0 Å². The first-order chi connectivity index (χ1) is 7.95. The molecule has 0 amide bonds. The van der Waals surface area contributed by atoms with Crippen LogP contribution in [0.4, 0.5) is 8.78 Å². The van der Waals surface area contributed by atoms with Gasteiger partial charge in [-0.1, -0.05) is 0 Å². The zero-order chi connectivity index (χ0) is 13.0. The van der Waals surface area contributed by atoms with Gasteiger partial charge in [-0.3, -0.25) is 10.1 Å². The normalized spacial score (nSPS) is 10.1. The van der Waals surface area contributed by atoms with Gasteiger partial charge in [0.1, 0.15) is 0 Å². The van der Waals surface area contributed by atoms with Crippen LogP contribution in [0.5, 0.6) is 11.5 Å². The average Bonchev–Trinajstić information content (AvgIpc) is 2.27. The Hall–Kier alpha value is -2.18. The molecule has 0 aliphatic carbocycles. The van der Waals surface area contributed by atoms with Crippen LogP contribution in [0.1, 0.15) is 5.56 Å². The molecule has 92 valence electrons. The number of hydrogen-bond acceptors (Lipinski definition) is 4. The van der Waals surface area contributed by atoms with E-state index in [1.54, 1.807) is 0 Å². The Morgan fingerprint density at radius 1 is 1.47 bits per heavy atom. The maximum atomic E-state index is 12.1. The molecule has 0 bridgehead atoms. The summed E-state index contributed by atoms with van der Waals surface area (Å²) in [4.78, 5) is 9.76. The molecule has 0 aliphatic heterocycles. The first-order valence-electron chi connectivity index (χ1n) is 4.42. The number of methoxy groups -OCH3 is 1. The Labute approximate surface area is 95.4 Å². The first kappa shape index (κ1) is 12.9. The van der Waals surface area contributed by atoms with E-state index in [-0.39, 0.29) is 17.1 Å². The van der Waals surface area contributed by atoms with Crippen LogP contribution in [0.2, 0.25) is 0 Å². The minimum absolute atomic E-state index is 0.0604. The molecule has 1 rings (SSSR count). The number of nitrogens with zero attached hydrogens (tertiary/aromatic N) is 1. The molecular weight excluding hydrogens is 236 g/mol. The van der Waals surface area contributed by atoms with Crippen molar-refractivity contribution in [1.29, 1.82) is 0 Å². The van der Waals surface area contributed by atoms with E-state index in [0.29, 0.717) is 0 Å². The molecule has 1 aromatic carbocycles. The highest BCUT2D eigenvalue weighted by molar-refractivity contribution is 5.60. The quantitative estimate of drug-likeness (QED) is 0.590. The second-order valence-electron chi connectivity index (χ2n) is 2.95. The molecule has 0 fully saturated rings. The molecule has 0 heterocycles. The molecule has 7 heteroatoms. The number of halogens is 2. The molecule has 0 saturated carbocycles. The summed E-state index contributed by atoms with van der Waals surface area (Å²) in [5, 5.41) is 10.5. The van der Waals surface area contributed by atoms with Gasteiger partial charge in [-0.2, -0.15) is 8.78 Å². The number of rotatable bonds is 5. The highest BCUT2D eigenvalue weighted by Gasteiger charge is 2.16. The minimum atomic E-state index is -3.04. The largest absolute Gasteiger partial charge is 0.493 e. The number of nitro groups is 1. The van der Waals surface area contributed by atoms with Gasteiger partial charge in [0.2, 0.25) is 0 Å². The minimum Gasteiger partial charge on any atom is -0.493 e. The van der Waals surface area contributed by atoms with Crippen LogP contribution in [-0.2, 0) is 0 Å². The summed E-state index contributed by atoms with van der Waals surface area (Å²) in [6, 6.07) is 3.71. The molecule has 0 N–H and O–H groups in total. The Morgan fingerprint density at radius 2 is 2.12 bits per heavy atom. The predicted octanol–water partition coefficient (Wildman–Crippen LogP) is 2.54. The first-order valence-corrected chi connectivity index (χ1v) is 4.42. The van der Waals surface area contributed by atoms with Crippen LogP contribution in [0.3, 0.4) is 0 Å². The van der Waals surface area contributed by atoms with Crippen LogP contribution in [0, 0.1) is 10.1 Å². The Kier molecular flexibility index (Phi) is 3.97. The summed E-state index contributed by atoms with van der Waals surface area (Å²) in [7, 11) is 1.27. The van der Waals surface area contributed by atoms with Gasteiger partial charge >= 0.3 is 6.61 Å². The van der Waals surface area contributed by atoms with E-state index in [1.807, 2.05) is 0 Å². The van der Waals surface area contributed by atoms with Gasteiger partial charge in [-0.15, -0.1) is 0 Å². The molecule has 0 radical (unpaired) electrons. The Balaban J connectivity index is 3.12. The van der Waals surface area contributed by atoms with E-state index in [9.17, 15) is 18.9 Å². The molecule has 0 spiro atoms. The van der Waals surface area contributed by atoms with E-state index in [2.05, 4.69) is 11.3 Å². The van der Waals surface area contributed by atoms with Crippen molar-refractivity contribution in [2.45, 2.75) is 6.61 Å². The molecule has 0 aliphatic rings. The van der Waals surface area contributed by atoms with E-state index in [1.165, 1.54) is 19.2 Å². The molecule has 0 atom stereocenters. The van der Waals surface area contributed by atoms with Gasteiger partial charge in [0, 0.05) is 0 Å². The highest BCUT2D eigenvalue weighted by Crippen LogP contribution is 2.31. The predicted molar refractivity (Wildman–Crippen MR) is 55.7 cm³/mol. The summed E-state index contributed by atoms with van der Waals surface area (Å²) in [5.74, 6) is -0.215. The SMILES string of the molecule is C=C(c1ccc(OC)c(OC(F)F)c1)[N+](=O)[O-]. The summed E-state index contributed by atoms with van der Waals surface area (Å²) in [6.07, 6.45) is 0. The monoisotopic (exact) mass is 245 g/mol. The molecule has 0 aromatic heterocycles. The van der Waals surface area contributed by atoms with E-state index >= 15 is 0 Å². The summed E-state index contributed by atoms with van der Waals surface area (Å²) in [5.41, 5.74) is -0.335. The van der Waals surface area contributed by atoms with E-state index in [4.69, 9.17) is 4.74 Å². The third-order valence-corrected chi connectivity index (χ3v) is 1.93. The second-order valence-corrected chi connectivity index (χ2v) is 2.95. The van der Waals surface area contributed by atoms with E-state index < -0.39 is 17.2 Å². The van der Waals surface area contributed by atoms with Gasteiger partial charge in [0.05, 0.1) is 17.6 Å². The fourth-order valence-electron chi connectivity index (χ4n) is 1.15. The third-order valence-electron chi connectivity index (χ3n) is 1.93. The van der Waals surface area contributed by atoms with Crippen LogP contribution in [-0.4, -0.2) is 18.6 Å². The summed E-state index contributed by atoms with van der Waals surface area (Å²) >= 11 is 0. The number of benzene rings is 1. The number of ether oxygens (including phenoxy) is 2. The van der Waals surface area contributed by atoms with Crippen LogP contribution < -0.4 is 9.47 Å². The van der Waals surface area contributed by atoms with Gasteiger partial charge in [-0.05, 0) is 24.8 Å². The van der Waals surface area contributed by atoms with Crippen LogP contribution in [0.15, 0.2) is 24.8 Å². The lowest BCUT2D eigenvalue weighted by atomic mass is 10.1. The van der Waals surface area contributed by atoms with Crippen LogP contribution in [0.25, 0.3) is 5.70 Å². The Morgan fingerprint density at radius 3 is 2.59 bits per heavy atom. The van der Waals surface area contributed by atoms with Crippen molar-refractivity contribution in [3.05, 3.63) is 40.5 Å². The second kappa shape index (κ2) is 5.24. The number of hydrogen-bond donors (Lipinski definition) is 0. The summed E-state index contributed by atoms with van der Waals surface area (Å²) in [6.45, 7) is 0.178. The fraction of sp³-hybridized carbons (Fsp3) is 0.200. The molecule has 1 aromatic rings. The highest BCUT2D eigenvalue weighted by atomic mass is 19.3. The topological polar surface area (TPSA) is 61.6 Å². The van der Waals surface area contributed by atoms with Crippen molar-refractivity contribution in [2.24, 2.45) is 0 Å². The maximum Gasteiger partial charge on any atom is 0.387 e.